The van der Waals surface area contributed by atoms with E-state index in [1.54, 1.807) is 0 Å². The van der Waals surface area contributed by atoms with Gasteiger partial charge in [-0.1, -0.05) is 0 Å². The van der Waals surface area contributed by atoms with Crippen molar-refractivity contribution in [2.75, 3.05) is 24.5 Å². The van der Waals surface area contributed by atoms with Crippen LogP contribution < -0.4 is 10.6 Å². The zero-order valence-electron chi connectivity index (χ0n) is 12.0. The standard InChI is InChI=1S/C17H23N3/c18-11-10-16-5-4-14-20(16)17-8-6-15(7-9-17)19-12-2-1-3-13-19/h4-9,14H,1-3,10-13,18H2. The molecule has 2 N–H and O–H groups in total. The van der Waals surface area contributed by atoms with Crippen molar-refractivity contribution >= 4 is 5.69 Å². The summed E-state index contributed by atoms with van der Waals surface area (Å²) in [5.41, 5.74) is 9.51. The number of nitrogens with two attached hydrogens (primary N) is 1. The van der Waals surface area contributed by atoms with Gasteiger partial charge in [-0.2, -0.15) is 0 Å². The van der Waals surface area contributed by atoms with Crippen LogP contribution in [0.4, 0.5) is 5.69 Å². The van der Waals surface area contributed by atoms with E-state index in [1.165, 1.54) is 49.4 Å². The van der Waals surface area contributed by atoms with Gasteiger partial charge in [-0.15, -0.1) is 0 Å². The Bertz CT molecular complexity index is 536. The van der Waals surface area contributed by atoms with Crippen molar-refractivity contribution < 1.29 is 0 Å². The zero-order chi connectivity index (χ0) is 13.8. The SMILES string of the molecule is NCCc1cccn1-c1ccc(N2CCCCC2)cc1. The molecule has 1 aliphatic rings. The largest absolute Gasteiger partial charge is 0.372 e. The van der Waals surface area contributed by atoms with Crippen LogP contribution in [0.3, 0.4) is 0 Å². The van der Waals surface area contributed by atoms with E-state index in [2.05, 4.69) is 52.1 Å². The maximum Gasteiger partial charge on any atom is 0.0453 e. The third kappa shape index (κ3) is 2.73. The molecule has 3 rings (SSSR count). The molecule has 2 heterocycles. The summed E-state index contributed by atoms with van der Waals surface area (Å²) in [6.45, 7) is 3.08. The van der Waals surface area contributed by atoms with Gasteiger partial charge in [0.15, 0.2) is 0 Å². The van der Waals surface area contributed by atoms with Gasteiger partial charge >= 0.3 is 0 Å². The molecule has 0 unspecified atom stereocenters. The summed E-state index contributed by atoms with van der Waals surface area (Å²) in [4.78, 5) is 2.49. The van der Waals surface area contributed by atoms with E-state index < -0.39 is 0 Å². The molecule has 3 nitrogen and oxygen atoms in total. The third-order valence-electron chi connectivity index (χ3n) is 4.08. The minimum absolute atomic E-state index is 0.690. The summed E-state index contributed by atoms with van der Waals surface area (Å²) in [7, 11) is 0. The van der Waals surface area contributed by atoms with Gasteiger partial charge < -0.3 is 15.2 Å². The predicted molar refractivity (Wildman–Crippen MR) is 84.6 cm³/mol. The Kier molecular flexibility index (Phi) is 4.07. The molecule has 1 fully saturated rings. The van der Waals surface area contributed by atoms with Crippen molar-refractivity contribution in [3.8, 4) is 5.69 Å². The number of rotatable bonds is 4. The first-order valence-electron chi connectivity index (χ1n) is 7.60. The van der Waals surface area contributed by atoms with Crippen molar-refractivity contribution in [1.29, 1.82) is 0 Å². The number of anilines is 1. The Morgan fingerprint density at radius 2 is 1.60 bits per heavy atom. The van der Waals surface area contributed by atoms with Gasteiger partial charge in [0.25, 0.3) is 0 Å². The van der Waals surface area contributed by atoms with E-state index in [9.17, 15) is 0 Å². The van der Waals surface area contributed by atoms with Crippen LogP contribution in [0.1, 0.15) is 25.0 Å². The minimum Gasteiger partial charge on any atom is -0.372 e. The predicted octanol–water partition coefficient (Wildman–Crippen LogP) is 2.97. The number of aromatic nitrogens is 1. The molecule has 3 heteroatoms. The van der Waals surface area contributed by atoms with E-state index in [1.807, 2.05) is 0 Å². The number of benzene rings is 1. The Morgan fingerprint density at radius 3 is 2.30 bits per heavy atom. The lowest BCUT2D eigenvalue weighted by Crippen LogP contribution is -2.29. The number of hydrogen-bond acceptors (Lipinski definition) is 2. The quantitative estimate of drug-likeness (QED) is 0.926. The molecule has 106 valence electrons. The highest BCUT2D eigenvalue weighted by molar-refractivity contribution is 5.51. The molecule has 20 heavy (non-hydrogen) atoms. The molecule has 0 amide bonds. The van der Waals surface area contributed by atoms with Gasteiger partial charge in [0.2, 0.25) is 0 Å². The van der Waals surface area contributed by atoms with Crippen LogP contribution in [0.15, 0.2) is 42.6 Å². The fraction of sp³-hybridized carbons (Fsp3) is 0.412. The summed E-state index contributed by atoms with van der Waals surface area (Å²) in [5.74, 6) is 0. The van der Waals surface area contributed by atoms with Crippen molar-refractivity contribution in [1.82, 2.24) is 4.57 Å². The maximum atomic E-state index is 5.67. The molecule has 1 saturated heterocycles. The number of nitrogens with zero attached hydrogens (tertiary/aromatic N) is 2. The average molecular weight is 269 g/mol. The molecule has 1 aromatic heterocycles. The highest BCUT2D eigenvalue weighted by Crippen LogP contribution is 2.22. The van der Waals surface area contributed by atoms with Crippen molar-refractivity contribution in [2.24, 2.45) is 5.73 Å². The molecule has 1 aromatic carbocycles. The highest BCUT2D eigenvalue weighted by atomic mass is 15.1. The molecular weight excluding hydrogens is 246 g/mol. The molecule has 0 radical (unpaired) electrons. The van der Waals surface area contributed by atoms with E-state index in [4.69, 9.17) is 5.73 Å². The molecule has 1 aliphatic heterocycles. The van der Waals surface area contributed by atoms with Crippen LogP contribution in [0.2, 0.25) is 0 Å². The summed E-state index contributed by atoms with van der Waals surface area (Å²) in [6, 6.07) is 13.1. The lowest BCUT2D eigenvalue weighted by atomic mass is 10.1. The van der Waals surface area contributed by atoms with Crippen LogP contribution in [-0.2, 0) is 6.42 Å². The maximum absolute atomic E-state index is 5.67. The van der Waals surface area contributed by atoms with Crippen molar-refractivity contribution in [2.45, 2.75) is 25.7 Å². The Morgan fingerprint density at radius 1 is 0.900 bits per heavy atom. The smallest absolute Gasteiger partial charge is 0.0453 e. The van der Waals surface area contributed by atoms with Crippen LogP contribution in [-0.4, -0.2) is 24.2 Å². The normalized spacial score (nSPS) is 15.6. The van der Waals surface area contributed by atoms with Gasteiger partial charge in [-0.25, -0.2) is 0 Å². The van der Waals surface area contributed by atoms with Crippen molar-refractivity contribution in [3.63, 3.8) is 0 Å². The summed E-state index contributed by atoms with van der Waals surface area (Å²) in [6.07, 6.45) is 7.04. The number of hydrogen-bond donors (Lipinski definition) is 1. The second kappa shape index (κ2) is 6.14. The van der Waals surface area contributed by atoms with Crippen LogP contribution in [0.5, 0.6) is 0 Å². The molecule has 0 bridgehead atoms. The van der Waals surface area contributed by atoms with Crippen molar-refractivity contribution in [3.05, 3.63) is 48.3 Å². The third-order valence-corrected chi connectivity index (χ3v) is 4.08. The fourth-order valence-electron chi connectivity index (χ4n) is 3.00. The number of piperidine rings is 1. The monoisotopic (exact) mass is 269 g/mol. The summed E-state index contributed by atoms with van der Waals surface area (Å²) in [5, 5.41) is 0. The lowest BCUT2D eigenvalue weighted by molar-refractivity contribution is 0.578. The molecular formula is C17H23N3. The topological polar surface area (TPSA) is 34.2 Å². The molecule has 0 saturated carbocycles. The van der Waals surface area contributed by atoms with E-state index in [0.29, 0.717) is 6.54 Å². The highest BCUT2D eigenvalue weighted by Gasteiger charge is 2.11. The second-order valence-electron chi connectivity index (χ2n) is 5.47. The van der Waals surface area contributed by atoms with Gasteiger partial charge in [0.1, 0.15) is 0 Å². The Hall–Kier alpha value is -1.74. The lowest BCUT2D eigenvalue weighted by Gasteiger charge is -2.29. The first kappa shape index (κ1) is 13.3. The van der Waals surface area contributed by atoms with Gasteiger partial charge in [0.05, 0.1) is 0 Å². The van der Waals surface area contributed by atoms with Gasteiger partial charge in [-0.3, -0.25) is 0 Å². The first-order valence-corrected chi connectivity index (χ1v) is 7.60. The minimum atomic E-state index is 0.690. The Labute approximate surface area is 121 Å². The van der Waals surface area contributed by atoms with Crippen LogP contribution in [0.25, 0.3) is 5.69 Å². The van der Waals surface area contributed by atoms with Gasteiger partial charge in [0, 0.05) is 42.8 Å². The van der Waals surface area contributed by atoms with E-state index in [-0.39, 0.29) is 0 Å². The molecule has 0 atom stereocenters. The van der Waals surface area contributed by atoms with Crippen LogP contribution in [0, 0.1) is 0 Å². The first-order chi connectivity index (χ1) is 9.88. The Balaban J connectivity index is 1.79. The summed E-state index contributed by atoms with van der Waals surface area (Å²) < 4.78 is 2.23. The molecule has 0 spiro atoms. The van der Waals surface area contributed by atoms with E-state index >= 15 is 0 Å². The summed E-state index contributed by atoms with van der Waals surface area (Å²) >= 11 is 0. The van der Waals surface area contributed by atoms with E-state index in [0.717, 1.165) is 6.42 Å². The fourth-order valence-corrected chi connectivity index (χ4v) is 3.00. The van der Waals surface area contributed by atoms with Crippen LogP contribution >= 0.6 is 0 Å². The zero-order valence-corrected chi connectivity index (χ0v) is 12.0. The average Bonchev–Trinajstić information content (AvgIpc) is 2.97. The molecule has 0 aliphatic carbocycles. The second-order valence-corrected chi connectivity index (χ2v) is 5.47. The van der Waals surface area contributed by atoms with Gasteiger partial charge in [-0.05, 0) is 62.2 Å². The molecule has 2 aromatic rings.